The number of aromatic nitrogens is 2. The highest BCUT2D eigenvalue weighted by Crippen LogP contribution is 2.14. The second-order valence-corrected chi connectivity index (χ2v) is 2.12. The highest BCUT2D eigenvalue weighted by atomic mass is 16.3. The molecule has 0 N–H and O–H groups in total. The molecule has 2 rings (SSSR count). The fraction of sp³-hybridized carbons (Fsp3) is 0.143. The predicted molar refractivity (Wildman–Crippen MR) is 36.5 cm³/mol. The summed E-state index contributed by atoms with van der Waals surface area (Å²) in [5.74, 6) is 0.845. The lowest BCUT2D eigenvalue weighted by molar-refractivity contribution is 0.539. The van der Waals surface area contributed by atoms with Gasteiger partial charge in [-0.25, -0.2) is 9.97 Å². The molecular weight excluding hydrogens is 128 g/mol. The minimum atomic E-state index is 0.845. The number of hydrogen-bond donors (Lipinski definition) is 0. The molecule has 0 aliphatic carbocycles. The highest BCUT2D eigenvalue weighted by Gasteiger charge is 1.99. The first-order chi connectivity index (χ1) is 4.88. The van der Waals surface area contributed by atoms with Gasteiger partial charge in [0, 0.05) is 6.20 Å². The van der Waals surface area contributed by atoms with Gasteiger partial charge in [0.2, 0.25) is 0 Å². The van der Waals surface area contributed by atoms with E-state index in [4.69, 9.17) is 4.42 Å². The van der Waals surface area contributed by atoms with Gasteiger partial charge in [0.15, 0.2) is 0 Å². The first-order valence-electron chi connectivity index (χ1n) is 3.02. The molecule has 0 radical (unpaired) electrons. The monoisotopic (exact) mass is 134 g/mol. The van der Waals surface area contributed by atoms with E-state index in [1.807, 2.05) is 6.92 Å². The molecule has 3 heteroatoms. The van der Waals surface area contributed by atoms with E-state index in [1.54, 1.807) is 12.5 Å². The quantitative estimate of drug-likeness (QED) is 0.548. The fourth-order valence-electron chi connectivity index (χ4n) is 0.928. The summed E-state index contributed by atoms with van der Waals surface area (Å²) in [6.45, 7) is 1.88. The van der Waals surface area contributed by atoms with Gasteiger partial charge in [-0.2, -0.15) is 0 Å². The third-order valence-electron chi connectivity index (χ3n) is 1.44. The van der Waals surface area contributed by atoms with Crippen LogP contribution in [0.25, 0.3) is 10.9 Å². The number of furan rings is 1. The van der Waals surface area contributed by atoms with Crippen LogP contribution in [0.3, 0.4) is 0 Å². The molecule has 0 unspecified atom stereocenters. The molecule has 0 saturated carbocycles. The molecule has 3 nitrogen and oxygen atoms in total. The van der Waals surface area contributed by atoms with Crippen LogP contribution in [-0.2, 0) is 0 Å². The lowest BCUT2D eigenvalue weighted by atomic mass is 10.3. The van der Waals surface area contributed by atoms with Crippen molar-refractivity contribution in [1.82, 2.24) is 9.97 Å². The van der Waals surface area contributed by atoms with Crippen molar-refractivity contribution in [2.45, 2.75) is 6.92 Å². The maximum Gasteiger partial charge on any atom is 0.127 e. The molecule has 0 aromatic carbocycles. The van der Waals surface area contributed by atoms with Gasteiger partial charge in [0.25, 0.3) is 0 Å². The Balaban J connectivity index is 2.93. The molecule has 0 fully saturated rings. The van der Waals surface area contributed by atoms with Crippen LogP contribution in [0, 0.1) is 6.92 Å². The Kier molecular flexibility index (Phi) is 0.974. The number of aryl methyl sites for hydroxylation is 1. The molecule has 50 valence electrons. The van der Waals surface area contributed by atoms with Crippen molar-refractivity contribution in [1.29, 1.82) is 0 Å². The van der Waals surface area contributed by atoms with Crippen LogP contribution < -0.4 is 0 Å². The van der Waals surface area contributed by atoms with Crippen molar-refractivity contribution >= 4 is 10.9 Å². The Bertz CT molecular complexity index is 353. The topological polar surface area (TPSA) is 38.9 Å². The predicted octanol–water partition coefficient (Wildman–Crippen LogP) is 1.53. The van der Waals surface area contributed by atoms with Crippen LogP contribution in [-0.4, -0.2) is 9.97 Å². The number of fused-ring (bicyclic) bond motifs is 1. The van der Waals surface area contributed by atoms with Crippen molar-refractivity contribution in [2.75, 3.05) is 0 Å². The maximum atomic E-state index is 5.11. The molecular formula is C7H6N2O. The summed E-state index contributed by atoms with van der Waals surface area (Å²) < 4.78 is 5.11. The van der Waals surface area contributed by atoms with E-state index in [9.17, 15) is 0 Å². The average Bonchev–Trinajstić information content (AvgIpc) is 2.34. The zero-order chi connectivity index (χ0) is 6.97. The zero-order valence-corrected chi connectivity index (χ0v) is 5.53. The van der Waals surface area contributed by atoms with E-state index < -0.39 is 0 Å². The normalized spacial score (nSPS) is 10.5. The zero-order valence-electron chi connectivity index (χ0n) is 5.53. The third-order valence-corrected chi connectivity index (χ3v) is 1.44. The van der Waals surface area contributed by atoms with Crippen LogP contribution in [0.2, 0.25) is 0 Å². The molecule has 0 spiro atoms. The molecule has 0 bridgehead atoms. The van der Waals surface area contributed by atoms with Crippen LogP contribution in [0.4, 0.5) is 0 Å². The molecule has 2 aromatic heterocycles. The maximum absolute atomic E-state index is 5.11. The van der Waals surface area contributed by atoms with Gasteiger partial charge >= 0.3 is 0 Å². The molecule has 2 aromatic rings. The SMILES string of the molecule is Cc1occ2cncnc12. The van der Waals surface area contributed by atoms with Crippen LogP contribution in [0.1, 0.15) is 5.76 Å². The molecule has 0 saturated heterocycles. The summed E-state index contributed by atoms with van der Waals surface area (Å²) in [6.07, 6.45) is 4.91. The smallest absolute Gasteiger partial charge is 0.127 e. The Morgan fingerprint density at radius 1 is 1.50 bits per heavy atom. The molecule has 2 heterocycles. The van der Waals surface area contributed by atoms with E-state index >= 15 is 0 Å². The van der Waals surface area contributed by atoms with Gasteiger partial charge < -0.3 is 4.42 Å². The van der Waals surface area contributed by atoms with E-state index in [-0.39, 0.29) is 0 Å². The van der Waals surface area contributed by atoms with Crippen molar-refractivity contribution in [3.63, 3.8) is 0 Å². The van der Waals surface area contributed by atoms with Crippen molar-refractivity contribution in [3.05, 3.63) is 24.5 Å². The van der Waals surface area contributed by atoms with E-state index in [0.29, 0.717) is 0 Å². The van der Waals surface area contributed by atoms with Gasteiger partial charge in [-0.1, -0.05) is 0 Å². The third kappa shape index (κ3) is 0.603. The number of hydrogen-bond acceptors (Lipinski definition) is 3. The summed E-state index contributed by atoms with van der Waals surface area (Å²) in [6, 6.07) is 0. The fourth-order valence-corrected chi connectivity index (χ4v) is 0.928. The van der Waals surface area contributed by atoms with Crippen molar-refractivity contribution < 1.29 is 4.42 Å². The van der Waals surface area contributed by atoms with Crippen molar-refractivity contribution in [3.8, 4) is 0 Å². The number of rotatable bonds is 0. The van der Waals surface area contributed by atoms with Crippen molar-refractivity contribution in [2.24, 2.45) is 0 Å². The van der Waals surface area contributed by atoms with Crippen LogP contribution >= 0.6 is 0 Å². The lowest BCUT2D eigenvalue weighted by Gasteiger charge is -1.83. The van der Waals surface area contributed by atoms with E-state index in [2.05, 4.69) is 9.97 Å². The summed E-state index contributed by atoms with van der Waals surface area (Å²) in [4.78, 5) is 7.89. The summed E-state index contributed by atoms with van der Waals surface area (Å²) in [5.41, 5.74) is 0.898. The molecule has 0 atom stereocenters. The van der Waals surface area contributed by atoms with Gasteiger partial charge in [-0.15, -0.1) is 0 Å². The van der Waals surface area contributed by atoms with Gasteiger partial charge in [-0.05, 0) is 6.92 Å². The summed E-state index contributed by atoms with van der Waals surface area (Å²) in [5, 5.41) is 0.958. The molecule has 0 aliphatic heterocycles. The Morgan fingerprint density at radius 2 is 2.40 bits per heavy atom. The standard InChI is InChI=1S/C7H6N2O/c1-5-7-6(3-10-5)2-8-4-9-7/h2-4H,1H3. The van der Waals surface area contributed by atoms with Gasteiger partial charge in [0.05, 0.1) is 5.39 Å². The minimum Gasteiger partial charge on any atom is -0.467 e. The summed E-state index contributed by atoms with van der Waals surface area (Å²) >= 11 is 0. The van der Waals surface area contributed by atoms with E-state index in [0.717, 1.165) is 16.7 Å². The first kappa shape index (κ1) is 5.41. The largest absolute Gasteiger partial charge is 0.467 e. The summed E-state index contributed by atoms with van der Waals surface area (Å²) in [7, 11) is 0. The minimum absolute atomic E-state index is 0.845. The highest BCUT2D eigenvalue weighted by molar-refractivity contribution is 5.78. The number of nitrogens with zero attached hydrogens (tertiary/aromatic N) is 2. The molecule has 10 heavy (non-hydrogen) atoms. The van der Waals surface area contributed by atoms with Gasteiger partial charge in [-0.3, -0.25) is 0 Å². The Morgan fingerprint density at radius 3 is 3.20 bits per heavy atom. The molecule has 0 aliphatic rings. The second kappa shape index (κ2) is 1.80. The first-order valence-corrected chi connectivity index (χ1v) is 3.02. The Hall–Kier alpha value is -1.38. The van der Waals surface area contributed by atoms with Gasteiger partial charge in [0.1, 0.15) is 23.9 Å². The molecule has 0 amide bonds. The average molecular weight is 134 g/mol. The Labute approximate surface area is 57.7 Å². The van der Waals surface area contributed by atoms with Crippen LogP contribution in [0.5, 0.6) is 0 Å². The van der Waals surface area contributed by atoms with Crippen LogP contribution in [0.15, 0.2) is 23.2 Å². The van der Waals surface area contributed by atoms with E-state index in [1.165, 1.54) is 6.33 Å². The lowest BCUT2D eigenvalue weighted by Crippen LogP contribution is -1.76. The second-order valence-electron chi connectivity index (χ2n) is 2.12.